The number of aromatic nitrogens is 2. The Hall–Kier alpha value is -2.73. The second kappa shape index (κ2) is 7.25. The Bertz CT molecular complexity index is 930. The maximum atomic E-state index is 14.4. The Morgan fingerprint density at radius 2 is 2.08 bits per heavy atom. The number of halogens is 1. The van der Waals surface area contributed by atoms with Gasteiger partial charge in [0.2, 0.25) is 5.91 Å². The van der Waals surface area contributed by atoms with Crippen LogP contribution in [0.15, 0.2) is 48.9 Å². The van der Waals surface area contributed by atoms with E-state index in [1.165, 1.54) is 0 Å². The normalized spacial score (nSPS) is 15.3. The lowest BCUT2D eigenvalue weighted by molar-refractivity contribution is -0.115. The third-order valence-corrected chi connectivity index (χ3v) is 4.90. The molecular weight excluding hydrogens is 331 g/mol. The lowest BCUT2D eigenvalue weighted by Crippen LogP contribution is -2.26. The number of rotatable bonds is 4. The third-order valence-electron chi connectivity index (χ3n) is 4.90. The van der Waals surface area contributed by atoms with Crippen molar-refractivity contribution < 1.29 is 9.18 Å². The summed E-state index contributed by atoms with van der Waals surface area (Å²) in [6.45, 7) is 1.93. The Morgan fingerprint density at radius 3 is 2.88 bits per heavy atom. The molecule has 1 fully saturated rings. The largest absolute Gasteiger partial charge is 0.323 e. The van der Waals surface area contributed by atoms with Gasteiger partial charge in [-0.15, -0.1) is 0 Å². The highest BCUT2D eigenvalue weighted by Crippen LogP contribution is 2.28. The second-order valence-electron chi connectivity index (χ2n) is 6.72. The van der Waals surface area contributed by atoms with E-state index in [2.05, 4.69) is 15.6 Å². The molecule has 0 atom stereocenters. The van der Waals surface area contributed by atoms with Crippen molar-refractivity contribution in [3.8, 4) is 0 Å². The van der Waals surface area contributed by atoms with Crippen LogP contribution in [0.1, 0.15) is 29.9 Å². The Kier molecular flexibility index (Phi) is 4.67. The van der Waals surface area contributed by atoms with Gasteiger partial charge < -0.3 is 15.0 Å². The lowest BCUT2D eigenvalue weighted by Gasteiger charge is -2.23. The van der Waals surface area contributed by atoms with Crippen LogP contribution in [0.2, 0.25) is 0 Å². The highest BCUT2D eigenvalue weighted by atomic mass is 19.1. The van der Waals surface area contributed by atoms with E-state index in [0.717, 1.165) is 42.7 Å². The topological polar surface area (TPSA) is 58.4 Å². The van der Waals surface area contributed by atoms with Gasteiger partial charge in [-0.2, -0.15) is 0 Å². The summed E-state index contributed by atoms with van der Waals surface area (Å²) in [6.07, 6.45) is 7.62. The van der Waals surface area contributed by atoms with Crippen molar-refractivity contribution in [1.82, 2.24) is 14.7 Å². The van der Waals surface area contributed by atoms with Gasteiger partial charge >= 0.3 is 0 Å². The molecule has 2 N–H and O–H groups in total. The minimum atomic E-state index is -0.377. The molecule has 1 aliphatic heterocycles. The fourth-order valence-corrected chi connectivity index (χ4v) is 3.48. The second-order valence-corrected chi connectivity index (χ2v) is 6.72. The zero-order valence-corrected chi connectivity index (χ0v) is 14.4. The number of carbonyl (C=O) groups excluding carboxylic acids is 1. The minimum absolute atomic E-state index is 0.179. The van der Waals surface area contributed by atoms with Crippen LogP contribution >= 0.6 is 0 Å². The van der Waals surface area contributed by atoms with E-state index in [1.54, 1.807) is 18.3 Å². The van der Waals surface area contributed by atoms with Crippen LogP contribution in [-0.2, 0) is 11.2 Å². The first kappa shape index (κ1) is 16.7. The number of nitrogens with zero attached hydrogens (tertiary/aromatic N) is 2. The molecule has 1 aliphatic rings. The summed E-state index contributed by atoms with van der Waals surface area (Å²) in [6, 6.07) is 8.87. The Morgan fingerprint density at radius 1 is 1.23 bits per heavy atom. The van der Waals surface area contributed by atoms with Gasteiger partial charge in [-0.25, -0.2) is 9.37 Å². The quantitative estimate of drug-likeness (QED) is 0.758. The number of imidazole rings is 1. The SMILES string of the molecule is O=C(Cc1ccn2ccnc2c1)Nc1ccc(C2CCNCC2)cc1F. The number of nitrogens with one attached hydrogen (secondary N) is 2. The number of pyridine rings is 1. The molecule has 0 unspecified atom stereocenters. The fourth-order valence-electron chi connectivity index (χ4n) is 3.48. The molecule has 1 aromatic carbocycles. The van der Waals surface area contributed by atoms with E-state index < -0.39 is 0 Å². The molecule has 6 heteroatoms. The van der Waals surface area contributed by atoms with Gasteiger partial charge in [-0.1, -0.05) is 6.07 Å². The highest BCUT2D eigenvalue weighted by Gasteiger charge is 2.17. The van der Waals surface area contributed by atoms with E-state index in [0.29, 0.717) is 5.92 Å². The molecule has 3 aromatic rings. The molecule has 26 heavy (non-hydrogen) atoms. The van der Waals surface area contributed by atoms with Crippen molar-refractivity contribution in [1.29, 1.82) is 0 Å². The summed E-state index contributed by atoms with van der Waals surface area (Å²) >= 11 is 0. The first-order valence-corrected chi connectivity index (χ1v) is 8.91. The smallest absolute Gasteiger partial charge is 0.228 e. The average molecular weight is 352 g/mol. The molecule has 1 amide bonds. The fraction of sp³-hybridized carbons (Fsp3) is 0.300. The van der Waals surface area contributed by atoms with E-state index in [4.69, 9.17) is 0 Å². The first-order chi connectivity index (χ1) is 12.7. The molecule has 0 spiro atoms. The summed E-state index contributed by atoms with van der Waals surface area (Å²) in [4.78, 5) is 16.5. The number of hydrogen-bond donors (Lipinski definition) is 2. The zero-order valence-electron chi connectivity index (χ0n) is 14.4. The molecular formula is C20H21FN4O. The summed E-state index contributed by atoms with van der Waals surface area (Å²) in [5.41, 5.74) is 2.86. The van der Waals surface area contributed by atoms with Crippen molar-refractivity contribution in [2.24, 2.45) is 0 Å². The summed E-state index contributed by atoms with van der Waals surface area (Å²) < 4.78 is 16.3. The lowest BCUT2D eigenvalue weighted by atomic mass is 9.90. The standard InChI is InChI=1S/C20H21FN4O/c21-17-13-16(15-3-6-22-7-4-15)1-2-18(17)24-20(26)12-14-5-9-25-10-8-23-19(25)11-14/h1-2,5,8-11,13,15,22H,3-4,6-7,12H2,(H,24,26). The highest BCUT2D eigenvalue weighted by molar-refractivity contribution is 5.92. The molecule has 0 saturated carbocycles. The van der Waals surface area contributed by atoms with Crippen LogP contribution in [0.25, 0.3) is 5.65 Å². The molecule has 0 radical (unpaired) electrons. The van der Waals surface area contributed by atoms with E-state index in [9.17, 15) is 9.18 Å². The Balaban J connectivity index is 1.43. The molecule has 2 aromatic heterocycles. The van der Waals surface area contributed by atoms with Crippen LogP contribution in [0.3, 0.4) is 0 Å². The van der Waals surface area contributed by atoms with Gasteiger partial charge in [0.15, 0.2) is 0 Å². The van der Waals surface area contributed by atoms with Crippen molar-refractivity contribution >= 4 is 17.2 Å². The Labute approximate surface area is 151 Å². The van der Waals surface area contributed by atoms with Crippen LogP contribution in [0, 0.1) is 5.82 Å². The van der Waals surface area contributed by atoms with Crippen molar-refractivity contribution in [3.05, 3.63) is 65.9 Å². The molecule has 0 aliphatic carbocycles. The molecule has 1 saturated heterocycles. The van der Waals surface area contributed by atoms with Gasteiger partial charge in [0.05, 0.1) is 12.1 Å². The maximum Gasteiger partial charge on any atom is 0.228 e. The van der Waals surface area contributed by atoms with Crippen LogP contribution in [-0.4, -0.2) is 28.4 Å². The molecule has 5 nitrogen and oxygen atoms in total. The number of amides is 1. The van der Waals surface area contributed by atoms with E-state index >= 15 is 0 Å². The molecule has 0 bridgehead atoms. The molecule has 4 rings (SSSR count). The minimum Gasteiger partial charge on any atom is -0.323 e. The zero-order chi connectivity index (χ0) is 17.9. The number of carbonyl (C=O) groups is 1. The molecule has 134 valence electrons. The summed E-state index contributed by atoms with van der Waals surface area (Å²) in [5, 5.41) is 5.99. The monoisotopic (exact) mass is 352 g/mol. The predicted octanol–water partition coefficient (Wildman–Crippen LogP) is 3.12. The number of fused-ring (bicyclic) bond motifs is 1. The van der Waals surface area contributed by atoms with Gasteiger partial charge in [-0.05, 0) is 67.2 Å². The average Bonchev–Trinajstić information content (AvgIpc) is 3.12. The third kappa shape index (κ3) is 3.60. The van der Waals surface area contributed by atoms with Crippen LogP contribution < -0.4 is 10.6 Å². The number of piperidine rings is 1. The maximum absolute atomic E-state index is 14.4. The summed E-state index contributed by atoms with van der Waals surface area (Å²) in [7, 11) is 0. The van der Waals surface area contributed by atoms with Gasteiger partial charge in [-0.3, -0.25) is 4.79 Å². The number of anilines is 1. The number of benzene rings is 1. The predicted molar refractivity (Wildman–Crippen MR) is 98.8 cm³/mol. The van der Waals surface area contributed by atoms with Gasteiger partial charge in [0.25, 0.3) is 0 Å². The van der Waals surface area contributed by atoms with Gasteiger partial charge in [0, 0.05) is 18.6 Å². The van der Waals surface area contributed by atoms with Crippen molar-refractivity contribution in [2.45, 2.75) is 25.2 Å². The van der Waals surface area contributed by atoms with E-state index in [1.807, 2.05) is 35.0 Å². The van der Waals surface area contributed by atoms with Crippen molar-refractivity contribution in [2.75, 3.05) is 18.4 Å². The van der Waals surface area contributed by atoms with Crippen LogP contribution in [0.5, 0.6) is 0 Å². The van der Waals surface area contributed by atoms with Crippen molar-refractivity contribution in [3.63, 3.8) is 0 Å². The first-order valence-electron chi connectivity index (χ1n) is 8.91. The summed E-state index contributed by atoms with van der Waals surface area (Å²) in [5.74, 6) is -0.232. The molecule has 3 heterocycles. The number of hydrogen-bond acceptors (Lipinski definition) is 3. The van der Waals surface area contributed by atoms with Gasteiger partial charge in [0.1, 0.15) is 11.5 Å². The van der Waals surface area contributed by atoms with Crippen LogP contribution in [0.4, 0.5) is 10.1 Å². The van der Waals surface area contributed by atoms with E-state index in [-0.39, 0.29) is 23.8 Å².